The van der Waals surface area contributed by atoms with Crippen molar-refractivity contribution >= 4 is 23.1 Å². The Kier molecular flexibility index (Phi) is 11.5. The smallest absolute Gasteiger partial charge is 0.456 e. The molecule has 4 aromatic heterocycles. The second-order valence-electron chi connectivity index (χ2n) is 13.5. The number of carbonyl (C=O) groups excluding carboxylic acids is 2. The van der Waals surface area contributed by atoms with Gasteiger partial charge in [-0.3, -0.25) is 19.1 Å². The zero-order chi connectivity index (χ0) is 40.4. The molecule has 292 valence electrons. The number of aromatic nitrogens is 4. The number of hydrogen-bond donors (Lipinski definition) is 1. The van der Waals surface area contributed by atoms with Crippen LogP contribution in [0.4, 0.5) is 4.39 Å². The van der Waals surface area contributed by atoms with Crippen LogP contribution < -0.4 is 21.9 Å². The Labute approximate surface area is 312 Å². The summed E-state index contributed by atoms with van der Waals surface area (Å²) in [6, 6.07) is 3.61. The number of terminal acetylenes is 1. The highest BCUT2D eigenvalue weighted by Crippen LogP contribution is 2.38. The number of benzene rings is 1. The van der Waals surface area contributed by atoms with Gasteiger partial charge in [0.05, 0.1) is 32.4 Å². The van der Waals surface area contributed by atoms with E-state index in [1.165, 1.54) is 38.8 Å². The molecule has 0 aliphatic rings. The number of rotatable bonds is 14. The molecule has 0 radical (unpaired) electrons. The molecule has 17 nitrogen and oxygen atoms in total. The molecule has 5 aromatic rings. The molecule has 18 heteroatoms. The molecule has 2 atom stereocenters. The van der Waals surface area contributed by atoms with Gasteiger partial charge in [0, 0.05) is 25.0 Å². The maximum Gasteiger partial charge on any atom is 0.519 e. The van der Waals surface area contributed by atoms with E-state index in [0.717, 1.165) is 15.7 Å². The molecule has 0 saturated heterocycles. The van der Waals surface area contributed by atoms with Crippen molar-refractivity contribution in [3.05, 3.63) is 91.0 Å². The predicted molar refractivity (Wildman–Crippen MR) is 188 cm³/mol. The topological polar surface area (TPSA) is 217 Å². The number of aryl methyl sites for hydroxylation is 4. The lowest BCUT2D eigenvalue weighted by molar-refractivity contribution is -0.169. The molecule has 4 heterocycles. The number of nitrogens with zero attached hydrogens (tertiary/aromatic N) is 5. The predicted octanol–water partition coefficient (Wildman–Crippen LogP) is 3.06. The van der Waals surface area contributed by atoms with E-state index in [1.54, 1.807) is 19.9 Å². The minimum atomic E-state index is -1.88. The van der Waals surface area contributed by atoms with E-state index in [-0.39, 0.29) is 59.2 Å². The summed E-state index contributed by atoms with van der Waals surface area (Å²) in [7, 11) is 1.23. The van der Waals surface area contributed by atoms with Crippen molar-refractivity contribution in [3.8, 4) is 18.1 Å². The van der Waals surface area contributed by atoms with Crippen LogP contribution in [0.5, 0.6) is 5.75 Å². The fourth-order valence-electron chi connectivity index (χ4n) is 6.41. The van der Waals surface area contributed by atoms with Crippen molar-refractivity contribution < 1.29 is 51.0 Å². The Morgan fingerprint density at radius 1 is 1.07 bits per heavy atom. The average Bonchev–Trinajstić information content (AvgIpc) is 3.74. The highest BCUT2D eigenvalue weighted by atomic mass is 19.1. The van der Waals surface area contributed by atoms with Crippen LogP contribution in [-0.2, 0) is 44.1 Å². The molecule has 0 aliphatic carbocycles. The number of esters is 2. The summed E-state index contributed by atoms with van der Waals surface area (Å²) in [6.07, 6.45) is 4.39. The summed E-state index contributed by atoms with van der Waals surface area (Å²) in [4.78, 5) is 62.2. The maximum atomic E-state index is 16.1. The Bertz CT molecular complexity index is 2490. The van der Waals surface area contributed by atoms with Gasteiger partial charge in [0.2, 0.25) is 0 Å². The monoisotopic (exact) mass is 765 g/mol. The molecule has 0 bridgehead atoms. The molecule has 0 unspecified atom stereocenters. The number of imidazole rings is 1. The van der Waals surface area contributed by atoms with Gasteiger partial charge in [-0.2, -0.15) is 9.37 Å². The van der Waals surface area contributed by atoms with Crippen LogP contribution in [-0.4, -0.2) is 61.6 Å². The Morgan fingerprint density at radius 3 is 2.29 bits per heavy atom. The molecular formula is C37H40FN5O12. The Morgan fingerprint density at radius 2 is 1.73 bits per heavy atom. The van der Waals surface area contributed by atoms with Crippen LogP contribution in [0.3, 0.4) is 0 Å². The molecular weight excluding hydrogens is 725 g/mol. The summed E-state index contributed by atoms with van der Waals surface area (Å²) in [6.45, 7) is 9.68. The molecule has 0 aliphatic heterocycles. The standard InChI is InChI=1S/C37H40FN5O12/c1-10-37(17-44,49-9)27(55-28(46)13-36(7,8)29-20(3)11-19(2)12-24(29)52-23(6)45)16-42-18-40-30-31(39-14-25-21(4)50-34(47)53-25)43(33(38)41-32(30)42)15-26-22(5)51-35(48)54-26/h1,11-12,18,27,44H,13-17H2,2-9H3/t27-,37+/m0/s1. The van der Waals surface area contributed by atoms with E-state index >= 15 is 4.39 Å². The largest absolute Gasteiger partial charge is 0.519 e. The fourth-order valence-corrected chi connectivity index (χ4v) is 6.41. The third kappa shape index (κ3) is 8.37. The second-order valence-corrected chi connectivity index (χ2v) is 13.5. The van der Waals surface area contributed by atoms with E-state index in [0.29, 0.717) is 11.3 Å². The first-order chi connectivity index (χ1) is 25.9. The van der Waals surface area contributed by atoms with Gasteiger partial charge in [0.15, 0.2) is 39.9 Å². The van der Waals surface area contributed by atoms with E-state index < -0.39 is 59.9 Å². The lowest BCUT2D eigenvalue weighted by Crippen LogP contribution is -2.51. The van der Waals surface area contributed by atoms with Gasteiger partial charge in [-0.25, -0.2) is 14.6 Å². The second kappa shape index (κ2) is 15.7. The zero-order valence-corrected chi connectivity index (χ0v) is 31.5. The number of ether oxygens (including phenoxy) is 3. The molecule has 1 N–H and O–H groups in total. The van der Waals surface area contributed by atoms with Crippen molar-refractivity contribution in [1.82, 2.24) is 19.1 Å². The first-order valence-corrected chi connectivity index (χ1v) is 16.9. The highest BCUT2D eigenvalue weighted by molar-refractivity contribution is 5.74. The van der Waals surface area contributed by atoms with Crippen molar-refractivity contribution in [2.75, 3.05) is 13.7 Å². The summed E-state index contributed by atoms with van der Waals surface area (Å²) in [5.41, 5.74) is -0.760. The molecule has 0 spiro atoms. The summed E-state index contributed by atoms with van der Waals surface area (Å²) in [5, 5.41) is 10.5. The number of carbonyl (C=O) groups is 2. The number of methoxy groups -OCH3 is 1. The van der Waals surface area contributed by atoms with Crippen molar-refractivity contribution in [2.24, 2.45) is 4.99 Å². The van der Waals surface area contributed by atoms with E-state index in [9.17, 15) is 24.3 Å². The minimum Gasteiger partial charge on any atom is -0.456 e. The summed E-state index contributed by atoms with van der Waals surface area (Å²) in [5.74, 6) is -0.265. The fraction of sp³-hybridized carbons (Fsp3) is 0.432. The van der Waals surface area contributed by atoms with Gasteiger partial charge in [-0.15, -0.1) is 6.42 Å². The van der Waals surface area contributed by atoms with Crippen LogP contribution in [0.25, 0.3) is 11.2 Å². The number of fused-ring (bicyclic) bond motifs is 1. The first-order valence-electron chi connectivity index (χ1n) is 16.9. The first kappa shape index (κ1) is 40.1. The van der Waals surface area contributed by atoms with Crippen LogP contribution in [0, 0.1) is 46.1 Å². The number of aliphatic hydroxyl groups is 1. The molecule has 0 amide bonds. The van der Waals surface area contributed by atoms with Crippen LogP contribution in [0.1, 0.15) is 66.9 Å². The van der Waals surface area contributed by atoms with Crippen LogP contribution >= 0.6 is 0 Å². The Hall–Kier alpha value is -6.06. The molecule has 55 heavy (non-hydrogen) atoms. The van der Waals surface area contributed by atoms with E-state index in [2.05, 4.69) is 20.9 Å². The molecule has 5 rings (SSSR count). The molecule has 0 fully saturated rings. The number of halogens is 1. The van der Waals surface area contributed by atoms with Crippen molar-refractivity contribution in [2.45, 2.75) is 91.6 Å². The number of hydrogen-bond acceptors (Lipinski definition) is 15. The minimum absolute atomic E-state index is 0.0190. The van der Waals surface area contributed by atoms with Crippen LogP contribution in [0.15, 0.2) is 50.7 Å². The third-order valence-corrected chi connectivity index (χ3v) is 9.00. The lowest BCUT2D eigenvalue weighted by Gasteiger charge is -2.35. The zero-order valence-electron chi connectivity index (χ0n) is 31.5. The summed E-state index contributed by atoms with van der Waals surface area (Å²) < 4.78 is 55.4. The van der Waals surface area contributed by atoms with Gasteiger partial charge in [-0.05, 0) is 44.9 Å². The SMILES string of the molecule is C#C[C@](CO)(OC)[C@H](Cn1cnc2c(=NCc3oc(=O)oc3C)n(Cc3oc(=O)oc3C)c(F)nc21)OC(=O)CC(C)(C)c1c(C)cc(C)cc1OC(C)=O. The van der Waals surface area contributed by atoms with Crippen molar-refractivity contribution in [1.29, 1.82) is 0 Å². The molecule has 1 aromatic carbocycles. The van der Waals surface area contributed by atoms with E-state index in [1.807, 2.05) is 19.9 Å². The number of aliphatic hydroxyl groups excluding tert-OH is 1. The van der Waals surface area contributed by atoms with Crippen molar-refractivity contribution in [3.63, 3.8) is 0 Å². The quantitative estimate of drug-likeness (QED) is 0.0744. The van der Waals surface area contributed by atoms with Gasteiger partial charge in [-0.1, -0.05) is 25.8 Å². The van der Waals surface area contributed by atoms with Gasteiger partial charge < -0.3 is 41.6 Å². The lowest BCUT2D eigenvalue weighted by atomic mass is 9.78. The Balaban J connectivity index is 1.56. The summed E-state index contributed by atoms with van der Waals surface area (Å²) >= 11 is 0. The molecule has 0 saturated carbocycles. The van der Waals surface area contributed by atoms with Crippen LogP contribution in [0.2, 0.25) is 0 Å². The van der Waals surface area contributed by atoms with E-state index in [4.69, 9.17) is 38.3 Å². The highest BCUT2D eigenvalue weighted by Gasteiger charge is 2.42. The van der Waals surface area contributed by atoms with Gasteiger partial charge in [0.25, 0.3) is 6.08 Å². The third-order valence-electron chi connectivity index (χ3n) is 9.00. The normalized spacial score (nSPS) is 13.8. The average molecular weight is 766 g/mol. The van der Waals surface area contributed by atoms with Gasteiger partial charge >= 0.3 is 23.6 Å². The maximum absolute atomic E-state index is 16.1. The van der Waals surface area contributed by atoms with Gasteiger partial charge in [0.1, 0.15) is 23.8 Å².